The molecule has 4 aromatic rings. The van der Waals surface area contributed by atoms with Crippen molar-refractivity contribution in [3.05, 3.63) is 89.4 Å². The Labute approximate surface area is 220 Å². The molecule has 5 rings (SSSR count). The van der Waals surface area contributed by atoms with E-state index in [-0.39, 0.29) is 11.6 Å². The maximum Gasteiger partial charge on any atom is 0.163 e. The molecule has 0 amide bonds. The number of aromatic nitrogens is 2. The predicted octanol–water partition coefficient (Wildman–Crippen LogP) is 2.85. The highest BCUT2D eigenvalue weighted by molar-refractivity contribution is 7.90. The molecule has 0 fully saturated rings. The summed E-state index contributed by atoms with van der Waals surface area (Å²) in [6.07, 6.45) is 4.57. The largest absolute Gasteiger partial charge is 0.492 e. The van der Waals surface area contributed by atoms with Crippen LogP contribution in [0.15, 0.2) is 71.9 Å². The van der Waals surface area contributed by atoms with Crippen LogP contribution in [0.4, 0.5) is 10.1 Å². The average Bonchev–Trinajstić information content (AvgIpc) is 3.27. The van der Waals surface area contributed by atoms with Crippen LogP contribution in [0.25, 0.3) is 10.9 Å². The number of nitrogens with one attached hydrogen (secondary N) is 2. The average molecular weight is 537 g/mol. The van der Waals surface area contributed by atoms with Gasteiger partial charge in [0.1, 0.15) is 28.0 Å². The van der Waals surface area contributed by atoms with Crippen LogP contribution in [0.1, 0.15) is 16.7 Å². The molecule has 1 atom stereocenters. The lowest BCUT2D eigenvalue weighted by Gasteiger charge is -2.31. The topological polar surface area (TPSA) is 124 Å². The van der Waals surface area contributed by atoms with E-state index in [9.17, 15) is 12.8 Å². The van der Waals surface area contributed by atoms with E-state index in [0.29, 0.717) is 32.0 Å². The van der Waals surface area contributed by atoms with E-state index < -0.39 is 15.5 Å². The summed E-state index contributed by atoms with van der Waals surface area (Å²) in [6.45, 7) is 1.75. The fourth-order valence-corrected chi connectivity index (χ4v) is 4.97. The Morgan fingerprint density at radius 1 is 1.13 bits per heavy atom. The molecular weight excluding hydrogens is 507 g/mol. The van der Waals surface area contributed by atoms with Gasteiger partial charge in [-0.15, -0.1) is 0 Å². The molecule has 3 aromatic carbocycles. The number of rotatable bonds is 10. The van der Waals surface area contributed by atoms with Crippen molar-refractivity contribution in [2.75, 3.05) is 37.0 Å². The number of halogens is 1. The molecule has 0 aliphatic carbocycles. The molecule has 0 bridgehead atoms. The zero-order valence-corrected chi connectivity index (χ0v) is 21.7. The third-order valence-electron chi connectivity index (χ3n) is 6.39. The molecule has 0 saturated carbocycles. The van der Waals surface area contributed by atoms with E-state index in [1.54, 1.807) is 18.6 Å². The van der Waals surface area contributed by atoms with Gasteiger partial charge in [-0.25, -0.2) is 17.8 Å². The van der Waals surface area contributed by atoms with Crippen LogP contribution in [-0.4, -0.2) is 56.2 Å². The van der Waals surface area contributed by atoms with Crippen LogP contribution in [0.5, 0.6) is 5.75 Å². The van der Waals surface area contributed by atoms with Crippen molar-refractivity contribution >= 4 is 32.8 Å². The van der Waals surface area contributed by atoms with Crippen LogP contribution in [0, 0.1) is 5.82 Å². The van der Waals surface area contributed by atoms with Crippen LogP contribution < -0.4 is 21.1 Å². The van der Waals surface area contributed by atoms with E-state index in [4.69, 9.17) is 10.5 Å². The van der Waals surface area contributed by atoms with Crippen LogP contribution in [-0.2, 0) is 22.0 Å². The van der Waals surface area contributed by atoms with E-state index in [1.807, 2.05) is 47.1 Å². The van der Waals surface area contributed by atoms with Crippen molar-refractivity contribution < 1.29 is 17.5 Å². The van der Waals surface area contributed by atoms with Crippen LogP contribution in [0.3, 0.4) is 0 Å². The van der Waals surface area contributed by atoms with Crippen LogP contribution in [0.2, 0.25) is 0 Å². The zero-order valence-electron chi connectivity index (χ0n) is 20.9. The normalized spacial score (nSPS) is 16.8. The lowest BCUT2D eigenvalue weighted by Crippen LogP contribution is -2.39. The second-order valence-corrected chi connectivity index (χ2v) is 11.6. The van der Waals surface area contributed by atoms with Gasteiger partial charge in [-0.1, -0.05) is 18.2 Å². The summed E-state index contributed by atoms with van der Waals surface area (Å²) in [5.74, 6) is 0.476. The molecule has 0 radical (unpaired) electrons. The highest BCUT2D eigenvalue weighted by Crippen LogP contribution is 2.38. The third-order valence-corrected chi connectivity index (χ3v) is 7.34. The number of benzene rings is 3. The predicted molar refractivity (Wildman–Crippen MR) is 147 cm³/mol. The first-order chi connectivity index (χ1) is 18.2. The van der Waals surface area contributed by atoms with Crippen molar-refractivity contribution in [2.45, 2.75) is 12.2 Å². The quantitative estimate of drug-likeness (QED) is 0.266. The van der Waals surface area contributed by atoms with Gasteiger partial charge < -0.3 is 15.4 Å². The summed E-state index contributed by atoms with van der Waals surface area (Å²) in [4.78, 5) is 4.58. The van der Waals surface area contributed by atoms with Crippen molar-refractivity contribution in [3.8, 4) is 5.75 Å². The summed E-state index contributed by atoms with van der Waals surface area (Å²) in [5, 5.41) is 11.6. The molecule has 9 nitrogen and oxygen atoms in total. The first-order valence-electron chi connectivity index (χ1n) is 12.2. The smallest absolute Gasteiger partial charge is 0.163 e. The summed E-state index contributed by atoms with van der Waals surface area (Å²) in [5.41, 5.74) is 9.88. The summed E-state index contributed by atoms with van der Waals surface area (Å²) < 4.78 is 43.7. The maximum atomic E-state index is 13.6. The number of fused-ring (bicyclic) bond motifs is 2. The van der Waals surface area contributed by atoms with Gasteiger partial charge >= 0.3 is 0 Å². The van der Waals surface area contributed by atoms with Gasteiger partial charge in [0, 0.05) is 36.4 Å². The number of aliphatic imine (C=N–C) groups is 1. The minimum absolute atomic E-state index is 0.0905. The van der Waals surface area contributed by atoms with E-state index in [0.717, 1.165) is 33.3 Å². The Kier molecular flexibility index (Phi) is 7.15. The number of anilines is 1. The number of nitrogens with zero attached hydrogens (tertiary/aromatic N) is 3. The Balaban J connectivity index is 1.30. The summed E-state index contributed by atoms with van der Waals surface area (Å²) >= 11 is 0. The Bertz CT molecular complexity index is 1600. The molecular formula is C27H29FN6O3S. The number of hydrogen-bond acceptors (Lipinski definition) is 8. The van der Waals surface area contributed by atoms with Crippen molar-refractivity contribution in [3.63, 3.8) is 0 Å². The minimum atomic E-state index is -2.99. The maximum absolute atomic E-state index is 13.6. The van der Waals surface area contributed by atoms with Gasteiger partial charge in [0.25, 0.3) is 0 Å². The number of ether oxygens (including phenoxy) is 1. The molecule has 11 heteroatoms. The van der Waals surface area contributed by atoms with Crippen molar-refractivity contribution in [2.24, 2.45) is 10.7 Å². The van der Waals surface area contributed by atoms with Gasteiger partial charge in [-0.3, -0.25) is 10.4 Å². The molecule has 2 heterocycles. The fraction of sp³-hybridized carbons (Fsp3) is 0.259. The lowest BCUT2D eigenvalue weighted by molar-refractivity contribution is 0.315. The molecule has 0 spiro atoms. The van der Waals surface area contributed by atoms with Gasteiger partial charge in [-0.2, -0.15) is 5.10 Å². The summed E-state index contributed by atoms with van der Waals surface area (Å²) in [7, 11) is -2.99. The molecule has 1 aromatic heterocycles. The molecule has 198 valence electrons. The molecule has 4 N–H and O–H groups in total. The molecule has 38 heavy (non-hydrogen) atoms. The second kappa shape index (κ2) is 10.5. The monoisotopic (exact) mass is 536 g/mol. The molecule has 0 saturated heterocycles. The highest BCUT2D eigenvalue weighted by Gasteiger charge is 2.34. The molecule has 1 unspecified atom stereocenters. The number of nitrogens with two attached hydrogens (primary N) is 1. The Morgan fingerprint density at radius 2 is 2.00 bits per heavy atom. The third kappa shape index (κ3) is 5.69. The van der Waals surface area contributed by atoms with E-state index in [2.05, 4.69) is 20.7 Å². The fourth-order valence-electron chi connectivity index (χ4n) is 4.45. The van der Waals surface area contributed by atoms with E-state index >= 15 is 0 Å². The van der Waals surface area contributed by atoms with Crippen LogP contribution >= 0.6 is 0 Å². The SMILES string of the molecule is CS(=O)(=O)CCNCCOc1ccc2c(c1)NC=NC2(N)c1ccc2c(cnn2Cc2cccc(F)c2)c1. The Morgan fingerprint density at radius 3 is 2.82 bits per heavy atom. The molecule has 1 aliphatic rings. The lowest BCUT2D eigenvalue weighted by atomic mass is 9.89. The molecule has 1 aliphatic heterocycles. The number of hydrogen-bond donors (Lipinski definition) is 3. The van der Waals surface area contributed by atoms with Gasteiger partial charge in [-0.05, 0) is 47.5 Å². The van der Waals surface area contributed by atoms with Gasteiger partial charge in [0.05, 0.1) is 36.0 Å². The first-order valence-corrected chi connectivity index (χ1v) is 14.2. The van der Waals surface area contributed by atoms with Gasteiger partial charge in [0.2, 0.25) is 0 Å². The standard InChI is InChI=1S/C27H29FN6O3S/c1-38(35,36)12-10-30-9-11-37-23-6-7-24-25(15-23)31-18-32-27(24,29)21-5-8-26-20(14-21)16-33-34(26)17-19-3-2-4-22(28)13-19/h2-8,13-16,18,30H,9-12,17,29H2,1H3,(H,31,32). The van der Waals surface area contributed by atoms with Crippen molar-refractivity contribution in [1.29, 1.82) is 0 Å². The van der Waals surface area contributed by atoms with Gasteiger partial charge in [0.15, 0.2) is 5.66 Å². The minimum Gasteiger partial charge on any atom is -0.492 e. The second-order valence-electron chi connectivity index (χ2n) is 9.31. The highest BCUT2D eigenvalue weighted by atomic mass is 32.2. The Hall–Kier alpha value is -3.80. The van der Waals surface area contributed by atoms with E-state index in [1.165, 1.54) is 18.4 Å². The number of sulfone groups is 1. The first kappa shape index (κ1) is 25.8. The van der Waals surface area contributed by atoms with Crippen molar-refractivity contribution in [1.82, 2.24) is 15.1 Å². The zero-order chi connectivity index (χ0) is 26.8. The summed E-state index contributed by atoms with van der Waals surface area (Å²) in [6, 6.07) is 18.0.